The highest BCUT2D eigenvalue weighted by Gasteiger charge is 2.26. The van der Waals surface area contributed by atoms with E-state index in [0.29, 0.717) is 6.04 Å². The predicted molar refractivity (Wildman–Crippen MR) is 77.3 cm³/mol. The number of nitrogens with zero attached hydrogens (tertiary/aromatic N) is 2. The van der Waals surface area contributed by atoms with Crippen LogP contribution in [0.15, 0.2) is 0 Å². The molecule has 0 radical (unpaired) electrons. The molecule has 1 fully saturated rings. The van der Waals surface area contributed by atoms with Crippen molar-refractivity contribution < 1.29 is 0 Å². The third-order valence-corrected chi connectivity index (χ3v) is 5.55. The van der Waals surface area contributed by atoms with E-state index < -0.39 is 0 Å². The molecular weight excluding hydrogens is 242 g/mol. The molecule has 0 aromatic carbocycles. The molecule has 0 amide bonds. The number of anilines is 1. The van der Waals surface area contributed by atoms with Crippen LogP contribution >= 0.6 is 11.3 Å². The summed E-state index contributed by atoms with van der Waals surface area (Å²) in [7, 11) is 0. The van der Waals surface area contributed by atoms with Crippen LogP contribution in [0, 0.1) is 0 Å². The highest BCUT2D eigenvalue weighted by atomic mass is 32.1. The van der Waals surface area contributed by atoms with Gasteiger partial charge in [-0.25, -0.2) is 4.98 Å². The lowest BCUT2D eigenvalue weighted by molar-refractivity contribution is 0.572. The van der Waals surface area contributed by atoms with Crippen LogP contribution in [-0.4, -0.2) is 17.6 Å². The first-order valence-electron chi connectivity index (χ1n) is 7.27. The van der Waals surface area contributed by atoms with Gasteiger partial charge >= 0.3 is 0 Å². The summed E-state index contributed by atoms with van der Waals surface area (Å²) in [4.78, 5) is 8.75. The maximum absolute atomic E-state index is 6.21. The van der Waals surface area contributed by atoms with E-state index in [1.807, 2.05) is 11.3 Å². The fraction of sp³-hybridized carbons (Fsp3) is 0.786. The van der Waals surface area contributed by atoms with E-state index in [4.69, 9.17) is 10.7 Å². The Morgan fingerprint density at radius 2 is 2.11 bits per heavy atom. The Morgan fingerprint density at radius 3 is 2.94 bits per heavy atom. The molecule has 2 N–H and O–H groups in total. The summed E-state index contributed by atoms with van der Waals surface area (Å²) in [5.74, 6) is 0. The van der Waals surface area contributed by atoms with Gasteiger partial charge in [-0.05, 0) is 39.0 Å². The van der Waals surface area contributed by atoms with Crippen molar-refractivity contribution in [3.8, 4) is 0 Å². The Labute approximate surface area is 113 Å². The molecule has 1 aliphatic heterocycles. The lowest BCUT2D eigenvalue weighted by atomic mass is 9.99. The molecule has 1 aromatic rings. The minimum absolute atomic E-state index is 0.238. The van der Waals surface area contributed by atoms with Crippen molar-refractivity contribution in [2.45, 2.75) is 64.0 Å². The van der Waals surface area contributed by atoms with Crippen LogP contribution in [0.4, 0.5) is 5.13 Å². The van der Waals surface area contributed by atoms with Crippen LogP contribution in [0.1, 0.15) is 62.1 Å². The molecule has 100 valence electrons. The molecule has 2 unspecified atom stereocenters. The highest BCUT2D eigenvalue weighted by Crippen LogP contribution is 2.37. The monoisotopic (exact) mass is 265 g/mol. The second kappa shape index (κ2) is 5.17. The second-order valence-electron chi connectivity index (χ2n) is 5.70. The largest absolute Gasteiger partial charge is 0.345 e. The summed E-state index contributed by atoms with van der Waals surface area (Å²) >= 11 is 1.85. The van der Waals surface area contributed by atoms with Gasteiger partial charge in [-0.3, -0.25) is 0 Å². The summed E-state index contributed by atoms with van der Waals surface area (Å²) in [5.41, 5.74) is 7.49. The molecule has 0 bridgehead atoms. The van der Waals surface area contributed by atoms with Crippen LogP contribution in [-0.2, 0) is 6.42 Å². The Kier molecular flexibility index (Phi) is 3.57. The van der Waals surface area contributed by atoms with E-state index in [-0.39, 0.29) is 6.04 Å². The third kappa shape index (κ3) is 2.28. The van der Waals surface area contributed by atoms with Gasteiger partial charge in [0.15, 0.2) is 5.13 Å². The van der Waals surface area contributed by atoms with E-state index in [1.165, 1.54) is 54.4 Å². The minimum Gasteiger partial charge on any atom is -0.345 e. The zero-order valence-corrected chi connectivity index (χ0v) is 12.0. The SMILES string of the molecule is CC1CCCCCN1c1nc2c(s1)C(N)CCC2. The van der Waals surface area contributed by atoms with Crippen molar-refractivity contribution in [1.82, 2.24) is 4.98 Å². The number of fused-ring (bicyclic) bond motifs is 1. The van der Waals surface area contributed by atoms with Crippen molar-refractivity contribution in [3.63, 3.8) is 0 Å². The van der Waals surface area contributed by atoms with Crippen molar-refractivity contribution in [1.29, 1.82) is 0 Å². The van der Waals surface area contributed by atoms with Crippen LogP contribution in [0.25, 0.3) is 0 Å². The van der Waals surface area contributed by atoms with Crippen LogP contribution in [0.3, 0.4) is 0 Å². The van der Waals surface area contributed by atoms with Gasteiger partial charge in [0.1, 0.15) is 0 Å². The molecule has 3 nitrogen and oxygen atoms in total. The summed E-state index contributed by atoms with van der Waals surface area (Å²) in [6.45, 7) is 3.51. The summed E-state index contributed by atoms with van der Waals surface area (Å²) < 4.78 is 0. The standard InChI is InChI=1S/C14H23N3S/c1-10-6-3-2-4-9-17(10)14-16-12-8-5-7-11(15)13(12)18-14/h10-11H,2-9,15H2,1H3. The normalized spacial score (nSPS) is 28.9. The number of thiazole rings is 1. The molecule has 1 saturated heterocycles. The highest BCUT2D eigenvalue weighted by molar-refractivity contribution is 7.15. The van der Waals surface area contributed by atoms with Crippen molar-refractivity contribution in [2.75, 3.05) is 11.4 Å². The fourth-order valence-electron chi connectivity index (χ4n) is 3.12. The smallest absolute Gasteiger partial charge is 0.186 e. The zero-order chi connectivity index (χ0) is 12.5. The van der Waals surface area contributed by atoms with E-state index >= 15 is 0 Å². The van der Waals surface area contributed by atoms with Gasteiger partial charge in [-0.2, -0.15) is 0 Å². The summed E-state index contributed by atoms with van der Waals surface area (Å²) in [6.07, 6.45) is 8.80. The van der Waals surface area contributed by atoms with Crippen LogP contribution in [0.2, 0.25) is 0 Å². The molecule has 2 atom stereocenters. The van der Waals surface area contributed by atoms with Crippen LogP contribution < -0.4 is 10.6 Å². The van der Waals surface area contributed by atoms with Gasteiger partial charge in [0, 0.05) is 23.5 Å². The number of hydrogen-bond donors (Lipinski definition) is 1. The molecule has 1 aromatic heterocycles. The molecule has 4 heteroatoms. The van der Waals surface area contributed by atoms with Crippen molar-refractivity contribution in [3.05, 3.63) is 10.6 Å². The van der Waals surface area contributed by atoms with E-state index in [0.717, 1.165) is 12.8 Å². The third-order valence-electron chi connectivity index (χ3n) is 4.28. The van der Waals surface area contributed by atoms with E-state index in [9.17, 15) is 0 Å². The molecule has 3 rings (SSSR count). The molecule has 0 spiro atoms. The first kappa shape index (κ1) is 12.4. The topological polar surface area (TPSA) is 42.2 Å². The number of aryl methyl sites for hydroxylation is 1. The Morgan fingerprint density at radius 1 is 1.22 bits per heavy atom. The average Bonchev–Trinajstić information content (AvgIpc) is 2.67. The number of rotatable bonds is 1. The maximum Gasteiger partial charge on any atom is 0.186 e. The van der Waals surface area contributed by atoms with Crippen molar-refractivity contribution >= 4 is 16.5 Å². The van der Waals surface area contributed by atoms with Gasteiger partial charge in [0.2, 0.25) is 0 Å². The minimum atomic E-state index is 0.238. The summed E-state index contributed by atoms with van der Waals surface area (Å²) in [6, 6.07) is 0.874. The van der Waals surface area contributed by atoms with E-state index in [1.54, 1.807) is 0 Å². The Balaban J connectivity index is 1.87. The molecule has 2 aliphatic rings. The maximum atomic E-state index is 6.21. The van der Waals surface area contributed by atoms with Crippen molar-refractivity contribution in [2.24, 2.45) is 5.73 Å². The molecule has 0 saturated carbocycles. The van der Waals surface area contributed by atoms with E-state index in [2.05, 4.69) is 11.8 Å². The second-order valence-corrected chi connectivity index (χ2v) is 6.71. The van der Waals surface area contributed by atoms with Gasteiger partial charge in [0.25, 0.3) is 0 Å². The van der Waals surface area contributed by atoms with Gasteiger partial charge < -0.3 is 10.6 Å². The number of aromatic nitrogens is 1. The van der Waals surface area contributed by atoms with Gasteiger partial charge in [0.05, 0.1) is 5.69 Å². The average molecular weight is 265 g/mol. The number of nitrogens with two attached hydrogens (primary N) is 1. The lowest BCUT2D eigenvalue weighted by Crippen LogP contribution is -2.32. The quantitative estimate of drug-likeness (QED) is 0.847. The first-order chi connectivity index (χ1) is 8.75. The van der Waals surface area contributed by atoms with Crippen LogP contribution in [0.5, 0.6) is 0 Å². The Bertz CT molecular complexity index is 415. The predicted octanol–water partition coefficient (Wildman–Crippen LogP) is 3.25. The fourth-order valence-corrected chi connectivity index (χ4v) is 4.40. The molecular formula is C14H23N3S. The first-order valence-corrected chi connectivity index (χ1v) is 8.09. The lowest BCUT2D eigenvalue weighted by Gasteiger charge is -2.26. The number of hydrogen-bond acceptors (Lipinski definition) is 4. The zero-order valence-electron chi connectivity index (χ0n) is 11.2. The van der Waals surface area contributed by atoms with Gasteiger partial charge in [-0.1, -0.05) is 24.2 Å². The molecule has 1 aliphatic carbocycles. The summed E-state index contributed by atoms with van der Waals surface area (Å²) in [5, 5.41) is 1.23. The Hall–Kier alpha value is -0.610. The molecule has 18 heavy (non-hydrogen) atoms. The van der Waals surface area contributed by atoms with Gasteiger partial charge in [-0.15, -0.1) is 0 Å². The molecule has 2 heterocycles.